The van der Waals surface area contributed by atoms with Gasteiger partial charge in [0.05, 0.1) is 0 Å². The highest BCUT2D eigenvalue weighted by molar-refractivity contribution is 4.88. The van der Waals surface area contributed by atoms with Gasteiger partial charge in [0.1, 0.15) is 0 Å². The molecule has 0 spiro atoms. The Labute approximate surface area is 80.6 Å². The largest absolute Gasteiger partial charge is 0.425 e. The van der Waals surface area contributed by atoms with E-state index in [2.05, 4.69) is 24.0 Å². The van der Waals surface area contributed by atoms with Gasteiger partial charge < -0.3 is 4.42 Å². The molecule has 0 aliphatic carbocycles. The van der Waals surface area contributed by atoms with Gasteiger partial charge in [0.2, 0.25) is 11.8 Å². The molecule has 0 unspecified atom stereocenters. The summed E-state index contributed by atoms with van der Waals surface area (Å²) in [7, 11) is 0. The number of nitrogens with zero attached hydrogens (tertiary/aromatic N) is 2. The van der Waals surface area contributed by atoms with E-state index in [-0.39, 0.29) is 0 Å². The average molecular weight is 184 g/mol. The molecule has 1 aromatic rings. The lowest BCUT2D eigenvalue weighted by atomic mass is 10.0. The zero-order valence-electron chi connectivity index (χ0n) is 9.29. The van der Waals surface area contributed by atoms with Crippen molar-refractivity contribution in [3.8, 4) is 0 Å². The maximum atomic E-state index is 5.31. The lowest BCUT2D eigenvalue weighted by molar-refractivity contribution is 0.415. The monoisotopic (exact) mass is 184 g/mol. The zero-order valence-corrected chi connectivity index (χ0v) is 9.29. The second-order valence-corrected chi connectivity index (χ2v) is 2.67. The summed E-state index contributed by atoms with van der Waals surface area (Å²) in [6.07, 6.45) is 2.14. The molecule has 13 heavy (non-hydrogen) atoms. The summed E-state index contributed by atoms with van der Waals surface area (Å²) in [4.78, 5) is 0. The van der Waals surface area contributed by atoms with Crippen molar-refractivity contribution in [1.29, 1.82) is 0 Å². The molecule has 0 aliphatic rings. The lowest BCUT2D eigenvalue weighted by Gasteiger charge is -2.04. The summed E-state index contributed by atoms with van der Waals surface area (Å²) in [5, 5.41) is 7.76. The van der Waals surface area contributed by atoms with Gasteiger partial charge in [-0.2, -0.15) is 0 Å². The second-order valence-electron chi connectivity index (χ2n) is 2.67. The van der Waals surface area contributed by atoms with Gasteiger partial charge in [-0.05, 0) is 12.8 Å². The number of hydrogen-bond donors (Lipinski definition) is 0. The van der Waals surface area contributed by atoms with Crippen LogP contribution in [-0.4, -0.2) is 10.2 Å². The first-order chi connectivity index (χ1) is 6.27. The minimum atomic E-state index is 0.441. The fourth-order valence-corrected chi connectivity index (χ4v) is 1.11. The molecular weight excluding hydrogens is 164 g/mol. The van der Waals surface area contributed by atoms with Crippen molar-refractivity contribution < 1.29 is 4.42 Å². The molecule has 1 heterocycles. The Morgan fingerprint density at radius 1 is 1.15 bits per heavy atom. The van der Waals surface area contributed by atoms with Gasteiger partial charge in [-0.1, -0.05) is 27.7 Å². The van der Waals surface area contributed by atoms with E-state index in [9.17, 15) is 0 Å². The van der Waals surface area contributed by atoms with Crippen LogP contribution in [-0.2, 0) is 0 Å². The van der Waals surface area contributed by atoms with Crippen LogP contribution in [0.2, 0.25) is 0 Å². The first-order valence-corrected chi connectivity index (χ1v) is 5.07. The van der Waals surface area contributed by atoms with Crippen molar-refractivity contribution in [2.24, 2.45) is 0 Å². The molecule has 76 valence electrons. The Morgan fingerprint density at radius 2 is 1.69 bits per heavy atom. The molecule has 0 aliphatic heterocycles. The predicted octanol–water partition coefficient (Wildman–Crippen LogP) is 3.31. The number of hydrogen-bond acceptors (Lipinski definition) is 3. The zero-order chi connectivity index (χ0) is 10.3. The fraction of sp³-hybridized carbons (Fsp3) is 0.800. The van der Waals surface area contributed by atoms with Crippen LogP contribution < -0.4 is 0 Å². The van der Waals surface area contributed by atoms with Crippen molar-refractivity contribution >= 4 is 0 Å². The van der Waals surface area contributed by atoms with Crippen LogP contribution in [0.4, 0.5) is 0 Å². The Kier molecular flexibility index (Phi) is 6.20. The van der Waals surface area contributed by atoms with E-state index in [1.807, 2.05) is 20.8 Å². The molecule has 0 radical (unpaired) electrons. The van der Waals surface area contributed by atoms with Crippen LogP contribution in [0, 0.1) is 6.92 Å². The average Bonchev–Trinajstić information content (AvgIpc) is 2.58. The number of aromatic nitrogens is 2. The van der Waals surface area contributed by atoms with Crippen LogP contribution in [0.5, 0.6) is 0 Å². The van der Waals surface area contributed by atoms with Crippen molar-refractivity contribution in [2.75, 3.05) is 0 Å². The SMILES string of the molecule is CC.CCC(CC)c1nnc(C)o1. The van der Waals surface area contributed by atoms with Gasteiger partial charge in [0.15, 0.2) is 0 Å². The van der Waals surface area contributed by atoms with Crippen molar-refractivity contribution in [3.05, 3.63) is 11.8 Å². The highest BCUT2D eigenvalue weighted by Gasteiger charge is 2.12. The Morgan fingerprint density at radius 3 is 2.00 bits per heavy atom. The van der Waals surface area contributed by atoms with E-state index in [0.717, 1.165) is 18.7 Å². The third kappa shape index (κ3) is 3.57. The van der Waals surface area contributed by atoms with Gasteiger partial charge in [-0.15, -0.1) is 10.2 Å². The summed E-state index contributed by atoms with van der Waals surface area (Å²) in [5.74, 6) is 1.88. The van der Waals surface area contributed by atoms with E-state index in [1.54, 1.807) is 0 Å². The Hall–Kier alpha value is -0.860. The Bertz CT molecular complexity index is 216. The smallest absolute Gasteiger partial charge is 0.219 e. The molecule has 0 fully saturated rings. The molecule has 0 bridgehead atoms. The third-order valence-corrected chi connectivity index (χ3v) is 1.88. The molecule has 0 atom stereocenters. The Balaban J connectivity index is 0.000000671. The molecule has 0 saturated heterocycles. The number of rotatable bonds is 3. The van der Waals surface area contributed by atoms with Crippen molar-refractivity contribution in [3.63, 3.8) is 0 Å². The third-order valence-electron chi connectivity index (χ3n) is 1.88. The maximum absolute atomic E-state index is 5.31. The van der Waals surface area contributed by atoms with E-state index < -0.39 is 0 Å². The first kappa shape index (κ1) is 12.1. The minimum absolute atomic E-state index is 0.441. The molecule has 1 aromatic heterocycles. The highest BCUT2D eigenvalue weighted by Crippen LogP contribution is 2.20. The molecular formula is C10H20N2O. The lowest BCUT2D eigenvalue weighted by Crippen LogP contribution is -1.95. The van der Waals surface area contributed by atoms with Gasteiger partial charge in [0.25, 0.3) is 0 Å². The van der Waals surface area contributed by atoms with Gasteiger partial charge >= 0.3 is 0 Å². The molecule has 0 aromatic carbocycles. The molecule has 0 saturated carbocycles. The molecule has 1 rings (SSSR count). The highest BCUT2D eigenvalue weighted by atomic mass is 16.4. The summed E-state index contributed by atoms with van der Waals surface area (Å²) in [6.45, 7) is 10.1. The van der Waals surface area contributed by atoms with Crippen LogP contribution in [0.15, 0.2) is 4.42 Å². The van der Waals surface area contributed by atoms with Crippen LogP contribution in [0.3, 0.4) is 0 Å². The summed E-state index contributed by atoms with van der Waals surface area (Å²) in [6, 6.07) is 0. The molecule has 3 heteroatoms. The van der Waals surface area contributed by atoms with E-state index in [0.29, 0.717) is 11.8 Å². The summed E-state index contributed by atoms with van der Waals surface area (Å²) >= 11 is 0. The second kappa shape index (κ2) is 6.63. The summed E-state index contributed by atoms with van der Waals surface area (Å²) in [5.41, 5.74) is 0. The van der Waals surface area contributed by atoms with E-state index >= 15 is 0 Å². The van der Waals surface area contributed by atoms with Crippen molar-refractivity contribution in [1.82, 2.24) is 10.2 Å². The van der Waals surface area contributed by atoms with Crippen molar-refractivity contribution in [2.45, 2.75) is 53.4 Å². The quantitative estimate of drug-likeness (QED) is 0.723. The first-order valence-electron chi connectivity index (χ1n) is 5.07. The minimum Gasteiger partial charge on any atom is -0.425 e. The van der Waals surface area contributed by atoms with Crippen LogP contribution in [0.1, 0.15) is 58.2 Å². The van der Waals surface area contributed by atoms with Gasteiger partial charge in [-0.25, -0.2) is 0 Å². The maximum Gasteiger partial charge on any atom is 0.219 e. The standard InChI is InChI=1S/C8H14N2O.C2H6/c1-4-7(5-2)8-10-9-6(3)11-8;1-2/h7H,4-5H2,1-3H3;1-2H3. The predicted molar refractivity (Wildman–Crippen MR) is 53.7 cm³/mol. The van der Waals surface area contributed by atoms with Crippen LogP contribution >= 0.6 is 0 Å². The summed E-state index contributed by atoms with van der Waals surface area (Å²) < 4.78 is 5.31. The van der Waals surface area contributed by atoms with E-state index in [4.69, 9.17) is 4.42 Å². The van der Waals surface area contributed by atoms with Gasteiger partial charge in [0, 0.05) is 12.8 Å². The van der Waals surface area contributed by atoms with E-state index in [1.165, 1.54) is 0 Å². The normalized spacial score (nSPS) is 9.69. The molecule has 0 N–H and O–H groups in total. The topological polar surface area (TPSA) is 38.9 Å². The molecule has 3 nitrogen and oxygen atoms in total. The number of aryl methyl sites for hydroxylation is 1. The molecule has 0 amide bonds. The fourth-order valence-electron chi connectivity index (χ4n) is 1.11. The van der Waals surface area contributed by atoms with Gasteiger partial charge in [-0.3, -0.25) is 0 Å². The van der Waals surface area contributed by atoms with Crippen LogP contribution in [0.25, 0.3) is 0 Å².